The molecule has 9 heteroatoms. The molecule has 0 radical (unpaired) electrons. The summed E-state index contributed by atoms with van der Waals surface area (Å²) in [4.78, 5) is 43.4. The molecule has 0 bridgehead atoms. The van der Waals surface area contributed by atoms with Gasteiger partial charge >= 0.3 is 5.97 Å². The summed E-state index contributed by atoms with van der Waals surface area (Å²) in [6, 6.07) is 7.60. The lowest BCUT2D eigenvalue weighted by Crippen LogP contribution is -2.30. The van der Waals surface area contributed by atoms with Gasteiger partial charge in [-0.15, -0.1) is 11.3 Å². The summed E-state index contributed by atoms with van der Waals surface area (Å²) in [5, 5.41) is 3.43. The van der Waals surface area contributed by atoms with Gasteiger partial charge in [0.1, 0.15) is 10.6 Å². The highest BCUT2D eigenvalue weighted by molar-refractivity contribution is 7.18. The molecular weight excluding hydrogens is 442 g/mol. The van der Waals surface area contributed by atoms with Crippen LogP contribution in [0.15, 0.2) is 35.4 Å². The zero-order valence-electron chi connectivity index (χ0n) is 18.6. The highest BCUT2D eigenvalue weighted by Gasteiger charge is 2.20. The second-order valence-corrected chi connectivity index (χ2v) is 9.08. The number of ether oxygens (including phenoxy) is 2. The summed E-state index contributed by atoms with van der Waals surface area (Å²) in [6.45, 7) is 0.269. The Balaban J connectivity index is 1.22. The SMILES string of the molecule is COc1ccc(CCNC(=O)COC(=O)CCn2cnc3sc4c(c3c2=O)CCCC4)cc1. The second kappa shape index (κ2) is 10.6. The van der Waals surface area contributed by atoms with E-state index < -0.39 is 5.97 Å². The molecule has 33 heavy (non-hydrogen) atoms. The number of carbonyl (C=O) groups excluding carboxylic acids is 2. The summed E-state index contributed by atoms with van der Waals surface area (Å²) in [7, 11) is 1.61. The quantitative estimate of drug-likeness (QED) is 0.484. The number of benzene rings is 1. The molecule has 0 fully saturated rings. The Labute approximate surface area is 195 Å². The lowest BCUT2D eigenvalue weighted by Gasteiger charge is -2.10. The van der Waals surface area contributed by atoms with Crippen molar-refractivity contribution in [2.75, 3.05) is 20.3 Å². The van der Waals surface area contributed by atoms with Crippen molar-refractivity contribution in [1.29, 1.82) is 0 Å². The first-order valence-electron chi connectivity index (χ1n) is 11.1. The normalized spacial score (nSPS) is 12.9. The van der Waals surface area contributed by atoms with E-state index >= 15 is 0 Å². The number of nitrogens with zero attached hydrogens (tertiary/aromatic N) is 2. The minimum atomic E-state index is -0.528. The topological polar surface area (TPSA) is 99.5 Å². The molecule has 8 nitrogen and oxygen atoms in total. The number of hydrogen-bond acceptors (Lipinski definition) is 7. The van der Waals surface area contributed by atoms with Gasteiger partial charge in [-0.2, -0.15) is 0 Å². The van der Waals surface area contributed by atoms with Crippen molar-refractivity contribution in [2.24, 2.45) is 0 Å². The van der Waals surface area contributed by atoms with Crippen molar-refractivity contribution in [3.05, 3.63) is 57.0 Å². The molecule has 2 aromatic heterocycles. The van der Waals surface area contributed by atoms with Crippen LogP contribution in [0, 0.1) is 0 Å². The fourth-order valence-corrected chi connectivity index (χ4v) is 5.18. The fourth-order valence-electron chi connectivity index (χ4n) is 3.96. The smallest absolute Gasteiger partial charge is 0.308 e. The Morgan fingerprint density at radius 3 is 2.76 bits per heavy atom. The van der Waals surface area contributed by atoms with Crippen molar-refractivity contribution >= 4 is 33.4 Å². The van der Waals surface area contributed by atoms with Gasteiger partial charge in [0.05, 0.1) is 25.2 Å². The van der Waals surface area contributed by atoms with Crippen LogP contribution in [-0.2, 0) is 40.1 Å². The van der Waals surface area contributed by atoms with Crippen LogP contribution < -0.4 is 15.6 Å². The van der Waals surface area contributed by atoms with Crippen LogP contribution >= 0.6 is 11.3 Å². The van der Waals surface area contributed by atoms with E-state index in [0.717, 1.165) is 47.4 Å². The number of hydrogen-bond donors (Lipinski definition) is 1. The van der Waals surface area contributed by atoms with Crippen LogP contribution in [-0.4, -0.2) is 41.7 Å². The van der Waals surface area contributed by atoms with E-state index in [9.17, 15) is 14.4 Å². The molecule has 3 aromatic rings. The number of carbonyl (C=O) groups is 2. The average Bonchev–Trinajstić information content (AvgIpc) is 3.22. The van der Waals surface area contributed by atoms with Gasteiger partial charge in [0.15, 0.2) is 6.61 Å². The van der Waals surface area contributed by atoms with E-state index in [1.807, 2.05) is 24.3 Å². The van der Waals surface area contributed by atoms with Crippen molar-refractivity contribution in [1.82, 2.24) is 14.9 Å². The summed E-state index contributed by atoms with van der Waals surface area (Å²) in [6.07, 6.45) is 6.30. The van der Waals surface area contributed by atoms with Gasteiger partial charge < -0.3 is 14.8 Å². The number of aryl methyl sites for hydroxylation is 3. The lowest BCUT2D eigenvalue weighted by molar-refractivity contribution is -0.148. The first-order chi connectivity index (χ1) is 16.0. The van der Waals surface area contributed by atoms with Crippen molar-refractivity contribution in [3.8, 4) is 5.75 Å². The second-order valence-electron chi connectivity index (χ2n) is 7.99. The molecule has 1 amide bonds. The lowest BCUT2D eigenvalue weighted by atomic mass is 9.97. The Morgan fingerprint density at radius 2 is 1.97 bits per heavy atom. The van der Waals surface area contributed by atoms with Crippen LogP contribution in [0.3, 0.4) is 0 Å². The van der Waals surface area contributed by atoms with Gasteiger partial charge in [-0.25, -0.2) is 4.98 Å². The van der Waals surface area contributed by atoms with Gasteiger partial charge in [-0.1, -0.05) is 12.1 Å². The molecule has 4 rings (SSSR count). The van der Waals surface area contributed by atoms with Crippen molar-refractivity contribution in [3.63, 3.8) is 0 Å². The van der Waals surface area contributed by atoms with E-state index in [1.54, 1.807) is 18.4 Å². The van der Waals surface area contributed by atoms with E-state index in [4.69, 9.17) is 9.47 Å². The zero-order chi connectivity index (χ0) is 23.2. The van der Waals surface area contributed by atoms with Crippen molar-refractivity contribution < 1.29 is 19.1 Å². The molecule has 0 saturated carbocycles. The third kappa shape index (κ3) is 5.60. The maximum Gasteiger partial charge on any atom is 0.308 e. The van der Waals surface area contributed by atoms with Gasteiger partial charge in [0, 0.05) is 18.0 Å². The van der Waals surface area contributed by atoms with Gasteiger partial charge in [-0.05, 0) is 55.4 Å². The van der Waals surface area contributed by atoms with Crippen LogP contribution in [0.1, 0.15) is 35.3 Å². The summed E-state index contributed by atoms with van der Waals surface area (Å²) in [5.74, 6) is -0.107. The zero-order valence-corrected chi connectivity index (χ0v) is 19.4. The molecule has 174 valence electrons. The summed E-state index contributed by atoms with van der Waals surface area (Å²) < 4.78 is 11.6. The summed E-state index contributed by atoms with van der Waals surface area (Å²) >= 11 is 1.60. The van der Waals surface area contributed by atoms with Crippen LogP contribution in [0.5, 0.6) is 5.75 Å². The van der Waals surface area contributed by atoms with Gasteiger partial charge in [0.2, 0.25) is 0 Å². The highest BCUT2D eigenvalue weighted by atomic mass is 32.1. The number of esters is 1. The minimum absolute atomic E-state index is 0.00144. The van der Waals surface area contributed by atoms with Crippen LogP contribution in [0.2, 0.25) is 0 Å². The number of methoxy groups -OCH3 is 1. The molecule has 1 aliphatic rings. The first kappa shape index (κ1) is 23.0. The molecule has 0 unspecified atom stereocenters. The Morgan fingerprint density at radius 1 is 1.18 bits per heavy atom. The largest absolute Gasteiger partial charge is 0.497 e. The summed E-state index contributed by atoms with van der Waals surface area (Å²) in [5.41, 5.74) is 2.08. The van der Waals surface area contributed by atoms with Crippen LogP contribution in [0.4, 0.5) is 0 Å². The molecular formula is C24H27N3O5S. The molecule has 0 aliphatic heterocycles. The van der Waals surface area contributed by atoms with E-state index in [1.165, 1.54) is 15.8 Å². The van der Waals surface area contributed by atoms with E-state index in [-0.39, 0.29) is 31.0 Å². The molecule has 0 saturated heterocycles. The molecule has 0 spiro atoms. The number of rotatable bonds is 9. The van der Waals surface area contributed by atoms with Gasteiger partial charge in [0.25, 0.3) is 11.5 Å². The molecule has 0 atom stereocenters. The predicted octanol–water partition coefficient (Wildman–Crippen LogP) is 2.64. The number of fused-ring (bicyclic) bond motifs is 3. The standard InChI is InChI=1S/C24H27N3O5S/c1-31-17-8-6-16(7-9-17)10-12-25-20(28)14-32-21(29)11-13-27-15-26-23-22(24(27)30)18-4-2-3-5-19(18)33-23/h6-9,15H,2-5,10-14H2,1H3,(H,25,28). The van der Waals surface area contributed by atoms with E-state index in [0.29, 0.717) is 18.4 Å². The third-order valence-corrected chi connectivity index (χ3v) is 6.96. The maximum atomic E-state index is 12.9. The first-order valence-corrected chi connectivity index (χ1v) is 11.9. The molecule has 1 aromatic carbocycles. The van der Waals surface area contributed by atoms with Crippen molar-refractivity contribution in [2.45, 2.75) is 45.1 Å². The number of aromatic nitrogens is 2. The Kier molecular flexibility index (Phi) is 7.39. The highest BCUT2D eigenvalue weighted by Crippen LogP contribution is 2.33. The number of amides is 1. The minimum Gasteiger partial charge on any atom is -0.497 e. The number of thiophene rings is 1. The van der Waals surface area contributed by atoms with E-state index in [2.05, 4.69) is 10.3 Å². The number of nitrogens with one attached hydrogen (secondary N) is 1. The molecule has 2 heterocycles. The van der Waals surface area contributed by atoms with Crippen LogP contribution in [0.25, 0.3) is 10.2 Å². The third-order valence-electron chi connectivity index (χ3n) is 5.76. The maximum absolute atomic E-state index is 12.9. The Hall–Kier alpha value is -3.20. The average molecular weight is 470 g/mol. The predicted molar refractivity (Wildman–Crippen MR) is 126 cm³/mol. The monoisotopic (exact) mass is 469 g/mol. The molecule has 1 N–H and O–H groups in total. The fraction of sp³-hybridized carbons (Fsp3) is 0.417. The molecule has 1 aliphatic carbocycles. The van der Waals surface area contributed by atoms with Gasteiger partial charge in [-0.3, -0.25) is 19.0 Å². The Bertz CT molecular complexity index is 1200.